The zero-order chi connectivity index (χ0) is 43.4. The SMILES string of the molecule is CCc1c2[n-]c(c1C)/C=C1\[N-]/C(=C3\c4[n-]c(c(C)c4C(=O)[C@@H]3C(=O)OC)/C=c3\[n-]/c(c(C)c3CC)=C\2)[C@@H](CCC(=O)OC/C=C(\C)CCC[C@H](C)CCC[C@H](C)CC)[C@@H]1C.[Mg+2]. The predicted octanol–water partition coefficient (Wildman–Crippen LogP) is 8.87. The third-order valence-corrected chi connectivity index (χ3v) is 13.7. The maximum atomic E-state index is 14.3. The molecule has 0 radical (unpaired) electrons. The Morgan fingerprint density at radius 1 is 0.820 bits per heavy atom. The molecule has 3 aliphatic rings. The number of esters is 2. The zero-order valence-corrected chi connectivity index (χ0v) is 40.1. The summed E-state index contributed by atoms with van der Waals surface area (Å²) in [6.07, 6.45) is 18.7. The number of allylic oxidation sites excluding steroid dienone is 3. The fourth-order valence-electron chi connectivity index (χ4n) is 9.49. The first kappa shape index (κ1) is 48.0. The van der Waals surface area contributed by atoms with E-state index in [9.17, 15) is 14.4 Å². The van der Waals surface area contributed by atoms with Crippen molar-refractivity contribution in [1.29, 1.82) is 0 Å². The fraction of sp³-hybridized carbons (Fsp3) is 0.549. The van der Waals surface area contributed by atoms with E-state index >= 15 is 0 Å². The van der Waals surface area contributed by atoms with E-state index in [4.69, 9.17) is 29.7 Å². The van der Waals surface area contributed by atoms with Gasteiger partial charge in [0.1, 0.15) is 12.5 Å². The van der Waals surface area contributed by atoms with Gasteiger partial charge in [-0.2, -0.15) is 11.4 Å². The largest absolute Gasteiger partial charge is 2.00 e. The van der Waals surface area contributed by atoms with E-state index in [0.717, 1.165) is 87.6 Å². The molecule has 1 fully saturated rings. The molecule has 61 heavy (non-hydrogen) atoms. The predicted molar refractivity (Wildman–Crippen MR) is 245 cm³/mol. The number of carbonyl (C=O) groups is 3. The summed E-state index contributed by atoms with van der Waals surface area (Å²) in [4.78, 5) is 56.6. The standard InChI is InChI=1S/C51H67N4O5.Mg/c1-12-28(4)17-15-18-29(5)19-16-20-30(6)23-24-60-44(56)22-21-37-33(9)40-25-38-31(7)35(13-2)42(52-38)26-39-32(8)36(14-3)43(53-39)27-41-34(10)45-49(55-41)46(48(37)54-40)47(50(45)57)51(58)59-11;/h23,25-29,33,37,47H,12-22,24H2,1-11H3,(H-,54,55,57);/q-3;+2/p-1/b30-23+,39-26-,40-25-,43-27-;/t28-,29-,33+,37+,47-;/m1./s1. The van der Waals surface area contributed by atoms with Crippen molar-refractivity contribution >= 4 is 64.6 Å². The Morgan fingerprint density at radius 3 is 2.18 bits per heavy atom. The Bertz CT molecular complexity index is 2330. The molecule has 0 amide bonds. The van der Waals surface area contributed by atoms with Crippen LogP contribution < -0.4 is 25.7 Å². The van der Waals surface area contributed by atoms with Gasteiger partial charge in [0.15, 0.2) is 5.78 Å². The van der Waals surface area contributed by atoms with E-state index in [1.807, 2.05) is 25.2 Å². The Labute approximate surface area is 379 Å². The molecule has 3 aromatic heterocycles. The number of hydrogen-bond donors (Lipinski definition) is 0. The third kappa shape index (κ3) is 10.1. The van der Waals surface area contributed by atoms with Gasteiger partial charge in [-0.1, -0.05) is 131 Å². The summed E-state index contributed by atoms with van der Waals surface area (Å²) < 4.78 is 11.0. The van der Waals surface area contributed by atoms with Crippen LogP contribution in [0.3, 0.4) is 0 Å². The van der Waals surface area contributed by atoms with Crippen LogP contribution in [0.5, 0.6) is 0 Å². The number of hydrogen-bond acceptors (Lipinski definition) is 5. The van der Waals surface area contributed by atoms with E-state index in [-0.39, 0.29) is 59.7 Å². The number of ketones is 1. The molecule has 0 saturated carbocycles. The van der Waals surface area contributed by atoms with Crippen LogP contribution in [0, 0.1) is 50.4 Å². The minimum absolute atomic E-state index is 0. The number of Topliss-reactive ketones (excluding diaryl/α,β-unsaturated/α-hetero) is 1. The molecule has 5 heterocycles. The number of carbonyl (C=O) groups excluding carboxylic acids is 3. The quantitative estimate of drug-likeness (QED) is 0.0572. The first-order valence-corrected chi connectivity index (χ1v) is 22.5. The van der Waals surface area contributed by atoms with Crippen molar-refractivity contribution in [2.75, 3.05) is 13.7 Å². The Kier molecular flexibility index (Phi) is 16.4. The minimum Gasteiger partial charge on any atom is -0.664 e. The van der Waals surface area contributed by atoms with Gasteiger partial charge in [-0.3, -0.25) is 14.4 Å². The van der Waals surface area contributed by atoms with E-state index < -0.39 is 11.9 Å². The summed E-state index contributed by atoms with van der Waals surface area (Å²) in [6.45, 7) is 21.7. The summed E-state index contributed by atoms with van der Waals surface area (Å²) in [5.41, 5.74) is 11.4. The fourth-order valence-corrected chi connectivity index (χ4v) is 9.49. The van der Waals surface area contributed by atoms with Gasteiger partial charge in [0.2, 0.25) is 0 Å². The van der Waals surface area contributed by atoms with Crippen LogP contribution in [0.4, 0.5) is 0 Å². The summed E-state index contributed by atoms with van der Waals surface area (Å²) >= 11 is 0. The van der Waals surface area contributed by atoms with E-state index in [1.165, 1.54) is 44.8 Å². The van der Waals surface area contributed by atoms with Crippen LogP contribution >= 0.6 is 0 Å². The molecule has 0 N–H and O–H groups in total. The van der Waals surface area contributed by atoms with E-state index in [2.05, 4.69) is 68.4 Å². The molecule has 5 atom stereocenters. The van der Waals surface area contributed by atoms with Crippen molar-refractivity contribution < 1.29 is 23.9 Å². The van der Waals surface area contributed by atoms with Crippen molar-refractivity contribution in [3.8, 4) is 0 Å². The summed E-state index contributed by atoms with van der Waals surface area (Å²) in [7, 11) is 1.30. The molecule has 1 aliphatic carbocycles. The maximum Gasteiger partial charge on any atom is 2.00 e. The molecule has 10 heteroatoms. The molecule has 0 spiro atoms. The van der Waals surface area contributed by atoms with Crippen LogP contribution in [0.15, 0.2) is 23.0 Å². The van der Waals surface area contributed by atoms with Crippen LogP contribution in [0.1, 0.15) is 167 Å². The summed E-state index contributed by atoms with van der Waals surface area (Å²) in [5, 5.41) is 6.92. The number of nitrogens with zero attached hydrogens (tertiary/aromatic N) is 4. The molecule has 0 unspecified atom stereocenters. The second-order valence-electron chi connectivity index (χ2n) is 17.7. The molecule has 1 saturated heterocycles. The normalized spacial score (nSPS) is 22.3. The Morgan fingerprint density at radius 2 is 1.49 bits per heavy atom. The van der Waals surface area contributed by atoms with Crippen molar-refractivity contribution in [3.63, 3.8) is 0 Å². The second kappa shape index (κ2) is 20.9. The van der Waals surface area contributed by atoms with Crippen LogP contribution in [0.25, 0.3) is 29.1 Å². The van der Waals surface area contributed by atoms with Crippen LogP contribution in [-0.2, 0) is 31.9 Å². The van der Waals surface area contributed by atoms with Crippen molar-refractivity contribution in [2.24, 2.45) is 29.6 Å². The van der Waals surface area contributed by atoms with Crippen LogP contribution in [0.2, 0.25) is 0 Å². The molecule has 3 aromatic rings. The molecule has 6 rings (SSSR count). The van der Waals surface area contributed by atoms with Crippen molar-refractivity contribution in [3.05, 3.63) is 95.2 Å². The van der Waals surface area contributed by atoms with Gasteiger partial charge < -0.3 is 29.7 Å². The Balaban J connectivity index is 0.00000704. The molecule has 2 aliphatic heterocycles. The van der Waals surface area contributed by atoms with Gasteiger partial charge in [0, 0.05) is 12.0 Å². The Hall–Kier alpha value is -4.02. The first-order chi connectivity index (χ1) is 28.7. The molecule has 8 bridgehead atoms. The smallest absolute Gasteiger partial charge is 0.664 e. The number of fused-ring (bicyclic) bond motifs is 7. The van der Waals surface area contributed by atoms with Crippen LogP contribution in [-0.4, -0.2) is 54.5 Å². The molecular formula is C51H66MgN4O5-2. The monoisotopic (exact) mass is 838 g/mol. The maximum absolute atomic E-state index is 14.3. The van der Waals surface area contributed by atoms with Gasteiger partial charge >= 0.3 is 35.0 Å². The average Bonchev–Trinajstić information content (AvgIpc) is 3.97. The number of ether oxygens (including phenoxy) is 2. The number of methoxy groups -OCH3 is 1. The van der Waals surface area contributed by atoms with Gasteiger partial charge in [-0.05, 0) is 89.5 Å². The average molecular weight is 839 g/mol. The van der Waals surface area contributed by atoms with E-state index in [1.54, 1.807) is 0 Å². The number of rotatable bonds is 17. The van der Waals surface area contributed by atoms with Gasteiger partial charge in [-0.25, -0.2) is 0 Å². The molecular weight excluding hydrogens is 773 g/mol. The second-order valence-corrected chi connectivity index (χ2v) is 17.7. The van der Waals surface area contributed by atoms with Gasteiger partial charge in [0.25, 0.3) is 0 Å². The molecule has 324 valence electrons. The first-order valence-electron chi connectivity index (χ1n) is 22.5. The molecule has 0 aromatic carbocycles. The topological polar surface area (TPSA) is 126 Å². The van der Waals surface area contributed by atoms with Crippen molar-refractivity contribution in [1.82, 2.24) is 15.0 Å². The summed E-state index contributed by atoms with van der Waals surface area (Å²) in [6, 6.07) is 0. The third-order valence-electron chi connectivity index (χ3n) is 13.7. The summed E-state index contributed by atoms with van der Waals surface area (Å²) in [5.74, 6) is -1.41. The van der Waals surface area contributed by atoms with E-state index in [0.29, 0.717) is 40.2 Å². The zero-order valence-electron chi connectivity index (χ0n) is 38.7. The van der Waals surface area contributed by atoms with Gasteiger partial charge in [-0.15, -0.1) is 33.5 Å². The van der Waals surface area contributed by atoms with Gasteiger partial charge in [0.05, 0.1) is 7.11 Å². The number of aromatic nitrogens is 3. The minimum atomic E-state index is -1.21. The molecule has 9 nitrogen and oxygen atoms in total. The van der Waals surface area contributed by atoms with Crippen molar-refractivity contribution in [2.45, 2.75) is 140 Å².